The van der Waals surface area contributed by atoms with Crippen LogP contribution in [0.3, 0.4) is 0 Å². The van der Waals surface area contributed by atoms with Gasteiger partial charge in [0.2, 0.25) is 5.91 Å². The van der Waals surface area contributed by atoms with Crippen molar-refractivity contribution in [3.63, 3.8) is 0 Å². The fourth-order valence-electron chi connectivity index (χ4n) is 3.28. The van der Waals surface area contributed by atoms with Gasteiger partial charge >= 0.3 is 0 Å². The van der Waals surface area contributed by atoms with E-state index in [1.54, 1.807) is 18.9 Å². The second-order valence-corrected chi connectivity index (χ2v) is 8.11. The number of hydrogen-bond donors (Lipinski definition) is 2. The van der Waals surface area contributed by atoms with Crippen molar-refractivity contribution >= 4 is 30.1 Å². The highest BCUT2D eigenvalue weighted by atomic mass is 35.5. The number of nitrogens with two attached hydrogens (primary N) is 1. The highest BCUT2D eigenvalue weighted by Gasteiger charge is 2.38. The lowest BCUT2D eigenvalue weighted by atomic mass is 9.74. The maximum atomic E-state index is 12.6. The normalized spacial score (nSPS) is 24.2. The Balaban J connectivity index is 0.00000312. The molecule has 1 fully saturated rings. The van der Waals surface area contributed by atoms with Crippen molar-refractivity contribution in [3.05, 3.63) is 29.8 Å². The van der Waals surface area contributed by atoms with Gasteiger partial charge in [-0.15, -0.1) is 24.2 Å². The Morgan fingerprint density at radius 2 is 2.08 bits per heavy atom. The van der Waals surface area contributed by atoms with Gasteiger partial charge in [0, 0.05) is 23.3 Å². The Hall–Kier alpha value is -0.750. The number of hydrogen-bond acceptors (Lipinski definition) is 4. The van der Waals surface area contributed by atoms with Crippen LogP contribution in [0, 0.1) is 5.92 Å². The van der Waals surface area contributed by atoms with E-state index in [0.717, 1.165) is 43.6 Å². The van der Waals surface area contributed by atoms with Crippen LogP contribution in [-0.4, -0.2) is 30.9 Å². The fraction of sp³-hybridized carbons (Fsp3) is 0.632. The largest absolute Gasteiger partial charge is 0.384 e. The van der Waals surface area contributed by atoms with Crippen LogP contribution in [0.15, 0.2) is 29.2 Å². The molecule has 2 rings (SSSR count). The highest BCUT2D eigenvalue weighted by molar-refractivity contribution is 7.99. The first-order valence-corrected chi connectivity index (χ1v) is 9.73. The fourth-order valence-corrected chi connectivity index (χ4v) is 4.10. The lowest BCUT2D eigenvalue weighted by molar-refractivity contribution is -0.128. The molecule has 1 aromatic carbocycles. The molecule has 0 bridgehead atoms. The van der Waals surface area contributed by atoms with E-state index in [2.05, 4.69) is 29.6 Å². The molecule has 0 aromatic heterocycles. The molecule has 3 unspecified atom stereocenters. The molecule has 1 aliphatic rings. The van der Waals surface area contributed by atoms with Crippen LogP contribution in [0.4, 0.5) is 0 Å². The summed E-state index contributed by atoms with van der Waals surface area (Å²) in [5.74, 6) is 0.946. The summed E-state index contributed by atoms with van der Waals surface area (Å²) in [6.07, 6.45) is 4.02. The third kappa shape index (κ3) is 6.48. The second kappa shape index (κ2) is 10.4. The van der Waals surface area contributed by atoms with Crippen LogP contribution >= 0.6 is 24.2 Å². The SMILES string of the molecule is COCCSc1ccc(C(C)NC(=O)C2CCCCC2(C)N)cc1.Cl. The molecule has 3 atom stereocenters. The van der Waals surface area contributed by atoms with E-state index in [1.807, 2.05) is 13.8 Å². The van der Waals surface area contributed by atoms with Crippen LogP contribution < -0.4 is 11.1 Å². The van der Waals surface area contributed by atoms with Gasteiger partial charge < -0.3 is 15.8 Å². The van der Waals surface area contributed by atoms with Gasteiger partial charge in [-0.1, -0.05) is 25.0 Å². The molecule has 1 aliphatic carbocycles. The van der Waals surface area contributed by atoms with Crippen LogP contribution in [0.5, 0.6) is 0 Å². The molecular formula is C19H31ClN2O2S. The van der Waals surface area contributed by atoms with E-state index in [9.17, 15) is 4.79 Å². The van der Waals surface area contributed by atoms with Gasteiger partial charge in [-0.05, 0) is 44.4 Å². The molecular weight excluding hydrogens is 356 g/mol. The minimum absolute atomic E-state index is 0. The second-order valence-electron chi connectivity index (χ2n) is 6.94. The summed E-state index contributed by atoms with van der Waals surface area (Å²) in [5, 5.41) is 3.15. The first-order chi connectivity index (χ1) is 11.4. The molecule has 4 nitrogen and oxygen atoms in total. The monoisotopic (exact) mass is 386 g/mol. The predicted molar refractivity (Wildman–Crippen MR) is 107 cm³/mol. The molecule has 0 aliphatic heterocycles. The Morgan fingerprint density at radius 3 is 2.68 bits per heavy atom. The van der Waals surface area contributed by atoms with Gasteiger partial charge in [0.1, 0.15) is 0 Å². The molecule has 0 saturated heterocycles. The summed E-state index contributed by atoms with van der Waals surface area (Å²) in [6, 6.07) is 8.37. The Kier molecular flexibility index (Phi) is 9.28. The van der Waals surface area contributed by atoms with Crippen LogP contribution in [0.25, 0.3) is 0 Å². The minimum Gasteiger partial charge on any atom is -0.384 e. The summed E-state index contributed by atoms with van der Waals surface area (Å²) in [4.78, 5) is 13.8. The number of ether oxygens (including phenoxy) is 1. The number of rotatable bonds is 7. The van der Waals surface area contributed by atoms with Crippen molar-refractivity contribution in [3.8, 4) is 0 Å². The summed E-state index contributed by atoms with van der Waals surface area (Å²) in [7, 11) is 1.71. The molecule has 0 radical (unpaired) electrons. The quantitative estimate of drug-likeness (QED) is 0.550. The summed E-state index contributed by atoms with van der Waals surface area (Å²) in [6.45, 7) is 4.78. The Bertz CT molecular complexity index is 537. The van der Waals surface area contributed by atoms with E-state index < -0.39 is 0 Å². The number of carbonyl (C=O) groups is 1. The zero-order chi connectivity index (χ0) is 17.6. The Labute approximate surface area is 162 Å². The molecule has 1 aromatic rings. The summed E-state index contributed by atoms with van der Waals surface area (Å²) in [5.41, 5.74) is 7.08. The molecule has 1 saturated carbocycles. The number of thioether (sulfide) groups is 1. The first-order valence-electron chi connectivity index (χ1n) is 8.75. The van der Waals surface area contributed by atoms with E-state index in [-0.39, 0.29) is 35.8 Å². The van der Waals surface area contributed by atoms with Gasteiger partial charge in [0.15, 0.2) is 0 Å². The molecule has 0 heterocycles. The average Bonchev–Trinajstić information content (AvgIpc) is 2.55. The zero-order valence-corrected chi connectivity index (χ0v) is 17.1. The molecule has 6 heteroatoms. The Morgan fingerprint density at radius 1 is 1.40 bits per heavy atom. The van der Waals surface area contributed by atoms with Crippen molar-refractivity contribution < 1.29 is 9.53 Å². The third-order valence-electron chi connectivity index (χ3n) is 4.87. The van der Waals surface area contributed by atoms with Gasteiger partial charge in [-0.2, -0.15) is 0 Å². The van der Waals surface area contributed by atoms with Gasteiger partial charge in [-0.25, -0.2) is 0 Å². The maximum absolute atomic E-state index is 12.6. The summed E-state index contributed by atoms with van der Waals surface area (Å²) < 4.78 is 5.07. The number of nitrogens with one attached hydrogen (secondary N) is 1. The minimum atomic E-state index is -0.385. The van der Waals surface area contributed by atoms with E-state index in [0.29, 0.717) is 0 Å². The smallest absolute Gasteiger partial charge is 0.225 e. The number of carbonyl (C=O) groups excluding carboxylic acids is 1. The molecule has 25 heavy (non-hydrogen) atoms. The number of methoxy groups -OCH3 is 1. The van der Waals surface area contributed by atoms with Crippen LogP contribution in [0.1, 0.15) is 51.1 Å². The molecule has 1 amide bonds. The van der Waals surface area contributed by atoms with Gasteiger partial charge in [0.25, 0.3) is 0 Å². The molecule has 3 N–H and O–H groups in total. The zero-order valence-electron chi connectivity index (χ0n) is 15.4. The number of amides is 1. The lowest BCUT2D eigenvalue weighted by Crippen LogP contribution is -2.53. The van der Waals surface area contributed by atoms with E-state index in [1.165, 1.54) is 4.90 Å². The van der Waals surface area contributed by atoms with Crippen LogP contribution in [0.2, 0.25) is 0 Å². The highest BCUT2D eigenvalue weighted by Crippen LogP contribution is 2.32. The standard InChI is InChI=1S/C19H30N2O2S.ClH/c1-14(15-7-9-16(10-8-15)24-13-12-23-3)21-18(22)17-6-4-5-11-19(17,2)20;/h7-10,14,17H,4-6,11-13,20H2,1-3H3,(H,21,22);1H. The van der Waals surface area contributed by atoms with Crippen molar-refractivity contribution in [1.29, 1.82) is 0 Å². The average molecular weight is 387 g/mol. The van der Waals surface area contributed by atoms with Crippen LogP contribution in [-0.2, 0) is 9.53 Å². The van der Waals surface area contributed by atoms with E-state index in [4.69, 9.17) is 10.5 Å². The van der Waals surface area contributed by atoms with Crippen molar-refractivity contribution in [2.24, 2.45) is 11.7 Å². The third-order valence-corrected chi connectivity index (χ3v) is 5.84. The summed E-state index contributed by atoms with van der Waals surface area (Å²) >= 11 is 1.77. The molecule has 0 spiro atoms. The number of benzene rings is 1. The van der Waals surface area contributed by atoms with Gasteiger partial charge in [-0.3, -0.25) is 4.79 Å². The van der Waals surface area contributed by atoms with Crippen molar-refractivity contribution in [2.45, 2.75) is 56.0 Å². The lowest BCUT2D eigenvalue weighted by Gasteiger charge is -2.37. The van der Waals surface area contributed by atoms with Crippen molar-refractivity contribution in [2.75, 3.05) is 19.5 Å². The topological polar surface area (TPSA) is 64.3 Å². The van der Waals surface area contributed by atoms with E-state index >= 15 is 0 Å². The van der Waals surface area contributed by atoms with Crippen molar-refractivity contribution in [1.82, 2.24) is 5.32 Å². The predicted octanol–water partition coefficient (Wildman–Crippen LogP) is 3.93. The molecule has 142 valence electrons. The maximum Gasteiger partial charge on any atom is 0.225 e. The number of halogens is 1. The first kappa shape index (κ1) is 22.3. The van der Waals surface area contributed by atoms with Gasteiger partial charge in [0.05, 0.1) is 18.6 Å².